The van der Waals surface area contributed by atoms with Gasteiger partial charge in [-0.3, -0.25) is 4.79 Å². The molecule has 0 saturated heterocycles. The van der Waals surface area contributed by atoms with Crippen molar-refractivity contribution in [1.29, 1.82) is 0 Å². The highest BCUT2D eigenvalue weighted by molar-refractivity contribution is 5.81. The first-order valence-corrected chi connectivity index (χ1v) is 6.14. The molecule has 0 atom stereocenters. The van der Waals surface area contributed by atoms with Crippen molar-refractivity contribution in [2.75, 3.05) is 5.73 Å². The molecular weight excluding hydrogens is 222 g/mol. The molecule has 92 valence electrons. The van der Waals surface area contributed by atoms with Crippen LogP contribution in [0.1, 0.15) is 17.5 Å². The first kappa shape index (κ1) is 12.4. The third-order valence-corrected chi connectivity index (χ3v) is 2.92. The molecule has 2 heteroatoms. The number of carbonyl (C=O) groups excluding carboxylic acids is 1. The standard InChI is InChI=1S/C16H17NO/c17-15-9-6-14(7-10-15)12-16(18)11-8-13-4-2-1-3-5-13/h1-7,9-10H,8,11-12,17H2. The zero-order valence-corrected chi connectivity index (χ0v) is 10.3. The van der Waals surface area contributed by atoms with Crippen LogP contribution >= 0.6 is 0 Å². The largest absolute Gasteiger partial charge is 0.399 e. The van der Waals surface area contributed by atoms with Crippen LogP contribution in [0.3, 0.4) is 0 Å². The van der Waals surface area contributed by atoms with Gasteiger partial charge in [-0.2, -0.15) is 0 Å². The highest BCUT2D eigenvalue weighted by Gasteiger charge is 2.04. The molecule has 0 amide bonds. The smallest absolute Gasteiger partial charge is 0.137 e. The Morgan fingerprint density at radius 1 is 0.889 bits per heavy atom. The van der Waals surface area contributed by atoms with E-state index in [1.54, 1.807) is 0 Å². The second-order valence-corrected chi connectivity index (χ2v) is 4.44. The van der Waals surface area contributed by atoms with E-state index in [4.69, 9.17) is 5.73 Å². The minimum absolute atomic E-state index is 0.267. The second-order valence-electron chi connectivity index (χ2n) is 4.44. The number of hydrogen-bond donors (Lipinski definition) is 1. The molecule has 0 spiro atoms. The lowest BCUT2D eigenvalue weighted by molar-refractivity contribution is -0.118. The summed E-state index contributed by atoms with van der Waals surface area (Å²) in [6, 6.07) is 17.6. The SMILES string of the molecule is Nc1ccc(CC(=O)CCc2ccccc2)cc1. The van der Waals surface area contributed by atoms with Gasteiger partial charge in [0.25, 0.3) is 0 Å². The predicted molar refractivity (Wildman–Crippen MR) is 74.3 cm³/mol. The monoisotopic (exact) mass is 239 g/mol. The highest BCUT2D eigenvalue weighted by atomic mass is 16.1. The molecule has 0 aliphatic rings. The molecule has 0 fully saturated rings. The Balaban J connectivity index is 1.84. The number of benzene rings is 2. The molecule has 0 aliphatic heterocycles. The zero-order chi connectivity index (χ0) is 12.8. The van der Waals surface area contributed by atoms with Gasteiger partial charge in [0.15, 0.2) is 0 Å². The summed E-state index contributed by atoms with van der Waals surface area (Å²) in [5.41, 5.74) is 8.58. The van der Waals surface area contributed by atoms with Gasteiger partial charge >= 0.3 is 0 Å². The average molecular weight is 239 g/mol. The maximum Gasteiger partial charge on any atom is 0.137 e. The molecule has 2 N–H and O–H groups in total. The zero-order valence-electron chi connectivity index (χ0n) is 10.3. The van der Waals surface area contributed by atoms with E-state index in [9.17, 15) is 4.79 Å². The normalized spacial score (nSPS) is 10.2. The first-order chi connectivity index (χ1) is 8.74. The first-order valence-electron chi connectivity index (χ1n) is 6.14. The molecule has 0 radical (unpaired) electrons. The predicted octanol–water partition coefficient (Wildman–Crippen LogP) is 3.01. The van der Waals surface area contributed by atoms with Gasteiger partial charge in [0.05, 0.1) is 0 Å². The fourth-order valence-electron chi connectivity index (χ4n) is 1.88. The number of anilines is 1. The summed E-state index contributed by atoms with van der Waals surface area (Å²) in [7, 11) is 0. The van der Waals surface area contributed by atoms with E-state index in [2.05, 4.69) is 12.1 Å². The Morgan fingerprint density at radius 2 is 1.56 bits per heavy atom. The van der Waals surface area contributed by atoms with E-state index >= 15 is 0 Å². The molecule has 0 bridgehead atoms. The molecule has 2 nitrogen and oxygen atoms in total. The number of aryl methyl sites for hydroxylation is 1. The summed E-state index contributed by atoms with van der Waals surface area (Å²) in [5, 5.41) is 0. The van der Waals surface area contributed by atoms with E-state index < -0.39 is 0 Å². The Bertz CT molecular complexity index is 502. The van der Waals surface area contributed by atoms with Crippen molar-refractivity contribution in [3.8, 4) is 0 Å². The minimum atomic E-state index is 0.267. The van der Waals surface area contributed by atoms with Gasteiger partial charge in [0, 0.05) is 18.5 Å². The Labute approximate surface area is 107 Å². The number of ketones is 1. The number of Topliss-reactive ketones (excluding diaryl/α,β-unsaturated/α-hetero) is 1. The lowest BCUT2D eigenvalue weighted by Gasteiger charge is -2.02. The molecule has 18 heavy (non-hydrogen) atoms. The number of nitrogens with two attached hydrogens (primary N) is 1. The highest BCUT2D eigenvalue weighted by Crippen LogP contribution is 2.09. The van der Waals surface area contributed by atoms with Gasteiger partial charge in [-0.25, -0.2) is 0 Å². The number of carbonyl (C=O) groups is 1. The van der Waals surface area contributed by atoms with Crippen molar-refractivity contribution in [2.45, 2.75) is 19.3 Å². The van der Waals surface area contributed by atoms with E-state index in [1.807, 2.05) is 42.5 Å². The molecule has 0 heterocycles. The maximum absolute atomic E-state index is 11.8. The minimum Gasteiger partial charge on any atom is -0.399 e. The number of nitrogen functional groups attached to an aromatic ring is 1. The molecule has 0 aliphatic carbocycles. The molecular formula is C16H17NO. The van der Waals surface area contributed by atoms with Gasteiger partial charge in [-0.05, 0) is 29.7 Å². The van der Waals surface area contributed by atoms with Crippen LogP contribution in [-0.2, 0) is 17.6 Å². The van der Waals surface area contributed by atoms with Crippen LogP contribution in [0.4, 0.5) is 5.69 Å². The molecule has 0 unspecified atom stereocenters. The van der Waals surface area contributed by atoms with Crippen molar-refractivity contribution in [2.24, 2.45) is 0 Å². The van der Waals surface area contributed by atoms with Crippen LogP contribution in [0.25, 0.3) is 0 Å². The molecule has 2 aromatic rings. The molecule has 2 aromatic carbocycles. The summed E-state index contributed by atoms with van der Waals surface area (Å²) < 4.78 is 0. The van der Waals surface area contributed by atoms with E-state index in [-0.39, 0.29) is 5.78 Å². The number of hydrogen-bond acceptors (Lipinski definition) is 2. The third kappa shape index (κ3) is 3.74. The van der Waals surface area contributed by atoms with Crippen LogP contribution in [0.2, 0.25) is 0 Å². The molecule has 0 aromatic heterocycles. The summed E-state index contributed by atoms with van der Waals surface area (Å²) in [6.07, 6.45) is 1.90. The van der Waals surface area contributed by atoms with Crippen molar-refractivity contribution < 1.29 is 4.79 Å². The van der Waals surface area contributed by atoms with Crippen LogP contribution in [0, 0.1) is 0 Å². The van der Waals surface area contributed by atoms with E-state index in [0.717, 1.165) is 17.7 Å². The van der Waals surface area contributed by atoms with E-state index in [0.29, 0.717) is 12.8 Å². The fraction of sp³-hybridized carbons (Fsp3) is 0.188. The van der Waals surface area contributed by atoms with Crippen molar-refractivity contribution >= 4 is 11.5 Å². The Kier molecular flexibility index (Phi) is 4.13. The second kappa shape index (κ2) is 6.01. The maximum atomic E-state index is 11.8. The van der Waals surface area contributed by atoms with Gasteiger partial charge in [-0.1, -0.05) is 42.5 Å². The van der Waals surface area contributed by atoms with Gasteiger partial charge in [0.1, 0.15) is 5.78 Å². The topological polar surface area (TPSA) is 43.1 Å². The van der Waals surface area contributed by atoms with Crippen molar-refractivity contribution in [1.82, 2.24) is 0 Å². The van der Waals surface area contributed by atoms with Crippen molar-refractivity contribution in [3.05, 3.63) is 65.7 Å². The van der Waals surface area contributed by atoms with Crippen LogP contribution in [-0.4, -0.2) is 5.78 Å². The van der Waals surface area contributed by atoms with Gasteiger partial charge in [-0.15, -0.1) is 0 Å². The summed E-state index contributed by atoms with van der Waals surface area (Å²) in [5.74, 6) is 0.267. The Hall–Kier alpha value is -2.09. The lowest BCUT2D eigenvalue weighted by atomic mass is 10.0. The molecule has 0 saturated carbocycles. The van der Waals surface area contributed by atoms with Crippen LogP contribution < -0.4 is 5.73 Å². The summed E-state index contributed by atoms with van der Waals surface area (Å²) in [6.45, 7) is 0. The average Bonchev–Trinajstić information content (AvgIpc) is 2.40. The number of rotatable bonds is 5. The van der Waals surface area contributed by atoms with Crippen LogP contribution in [0.5, 0.6) is 0 Å². The Morgan fingerprint density at radius 3 is 2.22 bits per heavy atom. The van der Waals surface area contributed by atoms with E-state index in [1.165, 1.54) is 5.56 Å². The fourth-order valence-corrected chi connectivity index (χ4v) is 1.88. The van der Waals surface area contributed by atoms with Gasteiger partial charge < -0.3 is 5.73 Å². The van der Waals surface area contributed by atoms with Gasteiger partial charge in [0.2, 0.25) is 0 Å². The van der Waals surface area contributed by atoms with Crippen molar-refractivity contribution in [3.63, 3.8) is 0 Å². The van der Waals surface area contributed by atoms with Crippen LogP contribution in [0.15, 0.2) is 54.6 Å². The summed E-state index contributed by atoms with van der Waals surface area (Å²) in [4.78, 5) is 11.8. The lowest BCUT2D eigenvalue weighted by Crippen LogP contribution is -2.04. The third-order valence-electron chi connectivity index (χ3n) is 2.92. The quantitative estimate of drug-likeness (QED) is 0.815. The summed E-state index contributed by atoms with van der Waals surface area (Å²) >= 11 is 0. The molecule has 2 rings (SSSR count).